The minimum absolute atomic E-state index is 0.0634. The van der Waals surface area contributed by atoms with Crippen LogP contribution in [0.2, 0.25) is 0 Å². The molecule has 0 saturated carbocycles. The van der Waals surface area contributed by atoms with Crippen LogP contribution in [-0.4, -0.2) is 39.7 Å². The smallest absolute Gasteiger partial charge is 0.143 e. The van der Waals surface area contributed by atoms with Crippen molar-refractivity contribution in [1.82, 2.24) is 14.9 Å². The first-order valence-corrected chi connectivity index (χ1v) is 8.98. The molecule has 4 heteroatoms. The Balaban J connectivity index is 1.78. The Morgan fingerprint density at radius 1 is 1.28 bits per heavy atom. The normalized spacial score (nSPS) is 21.2. The molecule has 1 fully saturated rings. The fraction of sp³-hybridized carbons (Fsp3) is 0.429. The topological polar surface area (TPSA) is 49.2 Å². The minimum atomic E-state index is -0.0634. The first kappa shape index (κ1) is 17.8. The molecular formula is C21H27N3O. The zero-order chi connectivity index (χ0) is 17.7. The first-order chi connectivity index (χ1) is 12.1. The molecule has 1 saturated heterocycles. The van der Waals surface area contributed by atoms with Gasteiger partial charge in [-0.25, -0.2) is 9.97 Å². The summed E-state index contributed by atoms with van der Waals surface area (Å²) in [7, 11) is 0. The van der Waals surface area contributed by atoms with Gasteiger partial charge in [0.1, 0.15) is 5.82 Å². The van der Waals surface area contributed by atoms with Crippen molar-refractivity contribution in [3.05, 3.63) is 60.6 Å². The van der Waals surface area contributed by atoms with Crippen LogP contribution in [0.3, 0.4) is 0 Å². The number of benzene rings is 1. The Hall–Kier alpha value is -2.04. The lowest BCUT2D eigenvalue weighted by Crippen LogP contribution is -2.45. The molecule has 0 unspecified atom stereocenters. The summed E-state index contributed by atoms with van der Waals surface area (Å²) in [5.74, 6) is 0.853. The van der Waals surface area contributed by atoms with Gasteiger partial charge in [0, 0.05) is 23.2 Å². The summed E-state index contributed by atoms with van der Waals surface area (Å²) in [6, 6.07) is 12.3. The summed E-state index contributed by atoms with van der Waals surface area (Å²) < 4.78 is 0. The Bertz CT molecular complexity index is 716. The highest BCUT2D eigenvalue weighted by Gasteiger charge is 2.34. The van der Waals surface area contributed by atoms with Crippen LogP contribution in [0.1, 0.15) is 30.8 Å². The molecule has 2 heterocycles. The molecule has 132 valence electrons. The molecule has 0 radical (unpaired) electrons. The standard InChI is InChI=1S/C21H27N3O/c1-3-10-21(16-25)11-7-12-24(15-21)14-20-22-17(2)13-19(23-20)18-8-5-4-6-9-18/h3-6,8-9,13,25H,1,7,10-12,14-16H2,2H3/t21-/m0/s1. The molecule has 0 spiro atoms. The van der Waals surface area contributed by atoms with Gasteiger partial charge in [0.05, 0.1) is 18.8 Å². The Morgan fingerprint density at radius 2 is 2.08 bits per heavy atom. The maximum absolute atomic E-state index is 9.89. The number of aromatic nitrogens is 2. The molecular weight excluding hydrogens is 310 g/mol. The predicted molar refractivity (Wildman–Crippen MR) is 101 cm³/mol. The van der Waals surface area contributed by atoms with Crippen LogP contribution in [0.15, 0.2) is 49.1 Å². The van der Waals surface area contributed by atoms with E-state index in [0.29, 0.717) is 0 Å². The molecule has 1 aromatic heterocycles. The molecule has 0 bridgehead atoms. The number of aliphatic hydroxyl groups is 1. The van der Waals surface area contributed by atoms with Crippen molar-refractivity contribution < 1.29 is 5.11 Å². The summed E-state index contributed by atoms with van der Waals surface area (Å²) in [4.78, 5) is 11.8. The van der Waals surface area contributed by atoms with E-state index in [2.05, 4.69) is 28.6 Å². The van der Waals surface area contributed by atoms with E-state index in [-0.39, 0.29) is 12.0 Å². The highest BCUT2D eigenvalue weighted by molar-refractivity contribution is 5.58. The lowest BCUT2D eigenvalue weighted by Gasteiger charge is -2.41. The summed E-state index contributed by atoms with van der Waals surface area (Å²) in [5.41, 5.74) is 3.01. The van der Waals surface area contributed by atoms with Crippen LogP contribution in [-0.2, 0) is 6.54 Å². The monoisotopic (exact) mass is 337 g/mol. The fourth-order valence-corrected chi connectivity index (χ4v) is 3.77. The van der Waals surface area contributed by atoms with Crippen molar-refractivity contribution in [3.8, 4) is 11.3 Å². The van der Waals surface area contributed by atoms with E-state index in [4.69, 9.17) is 4.98 Å². The van der Waals surface area contributed by atoms with Crippen molar-refractivity contribution in [2.24, 2.45) is 5.41 Å². The van der Waals surface area contributed by atoms with Crippen LogP contribution < -0.4 is 0 Å². The number of piperidine rings is 1. The highest BCUT2D eigenvalue weighted by atomic mass is 16.3. The predicted octanol–water partition coefficient (Wildman–Crippen LogP) is 3.60. The number of nitrogens with zero attached hydrogens (tertiary/aromatic N) is 3. The van der Waals surface area contributed by atoms with E-state index in [0.717, 1.165) is 61.7 Å². The second kappa shape index (κ2) is 7.89. The van der Waals surface area contributed by atoms with E-state index in [1.54, 1.807) is 0 Å². The Labute approximate surface area is 150 Å². The van der Waals surface area contributed by atoms with Crippen molar-refractivity contribution in [3.63, 3.8) is 0 Å². The molecule has 1 N–H and O–H groups in total. The number of allylic oxidation sites excluding steroid dienone is 1. The number of aryl methyl sites for hydroxylation is 1. The summed E-state index contributed by atoms with van der Waals surface area (Å²) in [5, 5.41) is 9.89. The van der Waals surface area contributed by atoms with Crippen LogP contribution in [0.5, 0.6) is 0 Å². The van der Waals surface area contributed by atoms with Gasteiger partial charge in [0.25, 0.3) is 0 Å². The molecule has 2 aromatic rings. The minimum Gasteiger partial charge on any atom is -0.396 e. The third kappa shape index (κ3) is 4.33. The number of likely N-dealkylation sites (tertiary alicyclic amines) is 1. The molecule has 1 aromatic carbocycles. The van der Waals surface area contributed by atoms with Gasteiger partial charge in [-0.15, -0.1) is 6.58 Å². The van der Waals surface area contributed by atoms with Crippen molar-refractivity contribution >= 4 is 0 Å². The van der Waals surface area contributed by atoms with E-state index in [9.17, 15) is 5.11 Å². The summed E-state index contributed by atoms with van der Waals surface area (Å²) in [6.07, 6.45) is 4.92. The van der Waals surface area contributed by atoms with Gasteiger partial charge < -0.3 is 5.11 Å². The van der Waals surface area contributed by atoms with E-state index >= 15 is 0 Å². The van der Waals surface area contributed by atoms with Crippen LogP contribution in [0.25, 0.3) is 11.3 Å². The third-order valence-electron chi connectivity index (χ3n) is 4.99. The van der Waals surface area contributed by atoms with E-state index < -0.39 is 0 Å². The second-order valence-electron chi connectivity index (χ2n) is 7.14. The highest BCUT2D eigenvalue weighted by Crippen LogP contribution is 2.33. The molecule has 1 aliphatic heterocycles. The van der Waals surface area contributed by atoms with Gasteiger partial charge in [0.15, 0.2) is 0 Å². The number of hydrogen-bond donors (Lipinski definition) is 1. The molecule has 0 amide bonds. The molecule has 0 aliphatic carbocycles. The van der Waals surface area contributed by atoms with Crippen molar-refractivity contribution in [2.75, 3.05) is 19.7 Å². The summed E-state index contributed by atoms with van der Waals surface area (Å²) in [6.45, 7) is 8.70. The van der Waals surface area contributed by atoms with Gasteiger partial charge >= 0.3 is 0 Å². The quantitative estimate of drug-likeness (QED) is 0.818. The maximum Gasteiger partial charge on any atom is 0.143 e. The first-order valence-electron chi connectivity index (χ1n) is 8.98. The maximum atomic E-state index is 9.89. The Kier molecular flexibility index (Phi) is 5.61. The van der Waals surface area contributed by atoms with Crippen LogP contribution in [0, 0.1) is 12.3 Å². The van der Waals surface area contributed by atoms with Crippen molar-refractivity contribution in [1.29, 1.82) is 0 Å². The zero-order valence-corrected chi connectivity index (χ0v) is 15.0. The van der Waals surface area contributed by atoms with Gasteiger partial charge in [-0.1, -0.05) is 36.4 Å². The lowest BCUT2D eigenvalue weighted by molar-refractivity contribution is 0.0298. The lowest BCUT2D eigenvalue weighted by atomic mass is 9.78. The fourth-order valence-electron chi connectivity index (χ4n) is 3.77. The third-order valence-corrected chi connectivity index (χ3v) is 4.99. The van der Waals surface area contributed by atoms with Crippen molar-refractivity contribution in [2.45, 2.75) is 32.7 Å². The largest absolute Gasteiger partial charge is 0.396 e. The Morgan fingerprint density at radius 3 is 2.80 bits per heavy atom. The molecule has 1 atom stereocenters. The second-order valence-corrected chi connectivity index (χ2v) is 7.14. The van der Waals surface area contributed by atoms with Gasteiger partial charge in [-0.3, -0.25) is 4.90 Å². The average molecular weight is 337 g/mol. The number of rotatable bonds is 6. The summed E-state index contributed by atoms with van der Waals surface area (Å²) >= 11 is 0. The number of aliphatic hydroxyl groups excluding tert-OH is 1. The molecule has 3 rings (SSSR count). The number of hydrogen-bond acceptors (Lipinski definition) is 4. The van der Waals surface area contributed by atoms with Gasteiger partial charge in [-0.2, -0.15) is 0 Å². The van der Waals surface area contributed by atoms with Crippen LogP contribution in [0.4, 0.5) is 0 Å². The van der Waals surface area contributed by atoms with Crippen LogP contribution >= 0.6 is 0 Å². The zero-order valence-electron chi connectivity index (χ0n) is 15.0. The van der Waals surface area contributed by atoms with Gasteiger partial charge in [0.2, 0.25) is 0 Å². The molecule has 25 heavy (non-hydrogen) atoms. The molecule has 1 aliphatic rings. The molecule has 4 nitrogen and oxygen atoms in total. The van der Waals surface area contributed by atoms with E-state index in [1.165, 1.54) is 0 Å². The van der Waals surface area contributed by atoms with E-state index in [1.807, 2.05) is 37.3 Å². The average Bonchev–Trinajstić information content (AvgIpc) is 2.62. The van der Waals surface area contributed by atoms with Gasteiger partial charge in [-0.05, 0) is 38.8 Å². The SMILES string of the molecule is C=CC[C@]1(CO)CCCN(Cc2nc(C)cc(-c3ccccc3)n2)C1.